The van der Waals surface area contributed by atoms with Crippen LogP contribution in [0.15, 0.2) is 18.2 Å². The van der Waals surface area contributed by atoms with Crippen molar-refractivity contribution in [3.8, 4) is 0 Å². The van der Waals surface area contributed by atoms with E-state index >= 15 is 0 Å². The number of piperidine rings is 1. The summed E-state index contributed by atoms with van der Waals surface area (Å²) in [6, 6.07) is 7.04. The Morgan fingerprint density at radius 2 is 2.10 bits per heavy atom. The van der Waals surface area contributed by atoms with Crippen molar-refractivity contribution in [1.82, 2.24) is 10.2 Å². The summed E-state index contributed by atoms with van der Waals surface area (Å²) in [5.41, 5.74) is 1.13. The van der Waals surface area contributed by atoms with Crippen LogP contribution in [0.5, 0.6) is 0 Å². The molecule has 0 saturated carbocycles. The van der Waals surface area contributed by atoms with Gasteiger partial charge in [-0.2, -0.15) is 0 Å². The monoisotopic (exact) mass is 314 g/mol. The largest absolute Gasteiger partial charge is 0.313 e. The Kier molecular flexibility index (Phi) is 6.16. The zero-order chi connectivity index (χ0) is 14.5. The number of halogens is 2. The Hall–Kier alpha value is -0.280. The minimum Gasteiger partial charge on any atom is -0.313 e. The van der Waals surface area contributed by atoms with Crippen LogP contribution in [-0.4, -0.2) is 30.1 Å². The van der Waals surface area contributed by atoms with Crippen molar-refractivity contribution >= 4 is 23.2 Å². The van der Waals surface area contributed by atoms with E-state index in [9.17, 15) is 0 Å². The van der Waals surface area contributed by atoms with Gasteiger partial charge in [0.1, 0.15) is 0 Å². The summed E-state index contributed by atoms with van der Waals surface area (Å²) < 4.78 is 0. The number of likely N-dealkylation sites (tertiary alicyclic amines) is 1. The highest BCUT2D eigenvalue weighted by atomic mass is 35.5. The van der Waals surface area contributed by atoms with Gasteiger partial charge in [-0.05, 0) is 31.0 Å². The van der Waals surface area contributed by atoms with Gasteiger partial charge < -0.3 is 5.32 Å². The zero-order valence-corrected chi connectivity index (χ0v) is 13.8. The average molecular weight is 315 g/mol. The van der Waals surface area contributed by atoms with E-state index < -0.39 is 0 Å². The van der Waals surface area contributed by atoms with Crippen LogP contribution >= 0.6 is 23.2 Å². The zero-order valence-electron chi connectivity index (χ0n) is 12.3. The summed E-state index contributed by atoms with van der Waals surface area (Å²) in [6.07, 6.45) is 3.86. The van der Waals surface area contributed by atoms with Gasteiger partial charge in [0, 0.05) is 25.2 Å². The maximum atomic E-state index is 6.31. The Bertz CT molecular complexity index is 434. The molecule has 0 spiro atoms. The third-order valence-electron chi connectivity index (χ3n) is 3.92. The van der Waals surface area contributed by atoms with E-state index in [1.807, 2.05) is 12.1 Å². The normalized spacial score (nSPS) is 20.6. The minimum absolute atomic E-state index is 0.536. The first-order valence-corrected chi connectivity index (χ1v) is 8.24. The first kappa shape index (κ1) is 16.1. The fourth-order valence-electron chi connectivity index (χ4n) is 2.76. The average Bonchev–Trinajstić information content (AvgIpc) is 2.43. The fourth-order valence-corrected chi connectivity index (χ4v) is 3.14. The van der Waals surface area contributed by atoms with E-state index in [0.29, 0.717) is 22.1 Å². The van der Waals surface area contributed by atoms with Gasteiger partial charge in [0.15, 0.2) is 0 Å². The number of rotatable bonds is 5. The van der Waals surface area contributed by atoms with Crippen molar-refractivity contribution in [1.29, 1.82) is 0 Å². The second-order valence-corrected chi connectivity index (χ2v) is 6.68. The smallest absolute Gasteiger partial charge is 0.0637 e. The molecule has 4 heteroatoms. The highest BCUT2D eigenvalue weighted by molar-refractivity contribution is 6.42. The number of hydrogen-bond donors (Lipinski definition) is 1. The Balaban J connectivity index is 2.02. The fraction of sp³-hybridized carbons (Fsp3) is 0.625. The van der Waals surface area contributed by atoms with Crippen molar-refractivity contribution in [3.05, 3.63) is 33.8 Å². The second-order valence-electron chi connectivity index (χ2n) is 5.90. The summed E-state index contributed by atoms with van der Waals surface area (Å²) >= 11 is 12.4. The summed E-state index contributed by atoms with van der Waals surface area (Å²) in [4.78, 5) is 2.54. The molecule has 0 radical (unpaired) electrons. The van der Waals surface area contributed by atoms with E-state index in [4.69, 9.17) is 23.2 Å². The lowest BCUT2D eigenvalue weighted by Crippen LogP contribution is -2.46. The number of nitrogens with zero attached hydrogens (tertiary/aromatic N) is 1. The molecule has 1 atom stereocenters. The van der Waals surface area contributed by atoms with Gasteiger partial charge in [-0.1, -0.05) is 55.6 Å². The maximum Gasteiger partial charge on any atom is 0.0637 e. The molecule has 0 bridgehead atoms. The van der Waals surface area contributed by atoms with Gasteiger partial charge in [-0.15, -0.1) is 0 Å². The number of benzene rings is 1. The molecule has 1 fully saturated rings. The Labute approximate surface area is 132 Å². The molecular weight excluding hydrogens is 291 g/mol. The van der Waals surface area contributed by atoms with Gasteiger partial charge in [0.05, 0.1) is 10.0 Å². The van der Waals surface area contributed by atoms with Crippen LogP contribution < -0.4 is 5.32 Å². The molecule has 20 heavy (non-hydrogen) atoms. The molecule has 1 aliphatic heterocycles. The predicted molar refractivity (Wildman–Crippen MR) is 87.6 cm³/mol. The molecule has 112 valence electrons. The molecule has 1 aromatic rings. The lowest BCUT2D eigenvalue weighted by atomic mass is 10.0. The van der Waals surface area contributed by atoms with Crippen molar-refractivity contribution in [2.24, 2.45) is 0 Å². The third kappa shape index (κ3) is 4.36. The van der Waals surface area contributed by atoms with E-state index in [-0.39, 0.29) is 0 Å². The van der Waals surface area contributed by atoms with Crippen LogP contribution in [0.3, 0.4) is 0 Å². The first-order valence-electron chi connectivity index (χ1n) is 7.48. The maximum absolute atomic E-state index is 6.31. The van der Waals surface area contributed by atoms with Crippen LogP contribution in [0.2, 0.25) is 10.0 Å². The number of nitrogens with one attached hydrogen (secondary N) is 1. The lowest BCUT2D eigenvalue weighted by molar-refractivity contribution is 0.136. The molecule has 2 rings (SSSR count). The van der Waals surface area contributed by atoms with Crippen LogP contribution in [0, 0.1) is 0 Å². The van der Waals surface area contributed by atoms with Gasteiger partial charge in [-0.3, -0.25) is 4.90 Å². The highest BCUT2D eigenvalue weighted by Gasteiger charge is 2.23. The summed E-state index contributed by atoms with van der Waals surface area (Å²) in [6.45, 7) is 7.48. The van der Waals surface area contributed by atoms with E-state index in [2.05, 4.69) is 30.1 Å². The molecule has 0 aliphatic carbocycles. The quantitative estimate of drug-likeness (QED) is 0.869. The molecule has 0 aromatic heterocycles. The Morgan fingerprint density at radius 1 is 1.30 bits per heavy atom. The molecule has 0 amide bonds. The molecule has 1 saturated heterocycles. The predicted octanol–water partition coefficient (Wildman–Crippen LogP) is 4.35. The van der Waals surface area contributed by atoms with E-state index in [1.165, 1.54) is 19.3 Å². The van der Waals surface area contributed by atoms with Crippen molar-refractivity contribution in [2.45, 2.75) is 51.7 Å². The van der Waals surface area contributed by atoms with Crippen molar-refractivity contribution in [3.63, 3.8) is 0 Å². The van der Waals surface area contributed by atoms with Crippen LogP contribution in [0.1, 0.15) is 38.7 Å². The summed E-state index contributed by atoms with van der Waals surface area (Å²) in [5, 5.41) is 4.91. The Morgan fingerprint density at radius 3 is 2.85 bits per heavy atom. The number of hydrogen-bond acceptors (Lipinski definition) is 2. The molecular formula is C16H24Cl2N2. The molecule has 2 nitrogen and oxygen atoms in total. The molecule has 1 N–H and O–H groups in total. The van der Waals surface area contributed by atoms with Crippen LogP contribution in [-0.2, 0) is 6.54 Å². The van der Waals surface area contributed by atoms with E-state index in [0.717, 1.165) is 25.2 Å². The van der Waals surface area contributed by atoms with Crippen LogP contribution in [0.25, 0.3) is 0 Å². The van der Waals surface area contributed by atoms with Gasteiger partial charge in [0.25, 0.3) is 0 Å². The second kappa shape index (κ2) is 7.65. The van der Waals surface area contributed by atoms with Gasteiger partial charge >= 0.3 is 0 Å². The van der Waals surface area contributed by atoms with Crippen molar-refractivity contribution < 1.29 is 0 Å². The molecule has 1 heterocycles. The topological polar surface area (TPSA) is 15.3 Å². The SMILES string of the molecule is CC(C)NCC1CCCCN1Cc1cccc(Cl)c1Cl. The summed E-state index contributed by atoms with van der Waals surface area (Å²) in [5.74, 6) is 0. The molecule has 1 aliphatic rings. The first-order chi connectivity index (χ1) is 9.58. The molecule has 1 unspecified atom stereocenters. The lowest BCUT2D eigenvalue weighted by Gasteiger charge is -2.36. The third-order valence-corrected chi connectivity index (χ3v) is 4.77. The molecule has 1 aromatic carbocycles. The van der Waals surface area contributed by atoms with Gasteiger partial charge in [-0.25, -0.2) is 0 Å². The standard InChI is InChI=1S/C16H24Cl2N2/c1-12(2)19-10-14-7-3-4-9-20(14)11-13-6-5-8-15(17)16(13)18/h5-6,8,12,14,19H,3-4,7,9-11H2,1-2H3. The van der Waals surface area contributed by atoms with Crippen molar-refractivity contribution in [2.75, 3.05) is 13.1 Å². The van der Waals surface area contributed by atoms with E-state index in [1.54, 1.807) is 0 Å². The van der Waals surface area contributed by atoms with Gasteiger partial charge in [0.2, 0.25) is 0 Å². The highest BCUT2D eigenvalue weighted by Crippen LogP contribution is 2.28. The summed E-state index contributed by atoms with van der Waals surface area (Å²) in [7, 11) is 0. The minimum atomic E-state index is 0.536. The van der Waals surface area contributed by atoms with Crippen LogP contribution in [0.4, 0.5) is 0 Å².